The van der Waals surface area contributed by atoms with Gasteiger partial charge in [0.1, 0.15) is 5.75 Å². The van der Waals surface area contributed by atoms with Crippen LogP contribution in [0.4, 0.5) is 5.69 Å². The number of nitrogens with two attached hydrogens (primary N) is 1. The molecule has 108 valence electrons. The lowest BCUT2D eigenvalue weighted by Crippen LogP contribution is -2.07. The maximum Gasteiger partial charge on any atom is 0.200 e. The number of hydrogen-bond donors (Lipinski definition) is 1. The second kappa shape index (κ2) is 5.65. The number of anilines is 1. The van der Waals surface area contributed by atoms with Gasteiger partial charge in [-0.15, -0.1) is 10.2 Å². The molecule has 3 rings (SSSR count). The van der Waals surface area contributed by atoms with Crippen molar-refractivity contribution in [2.45, 2.75) is 30.0 Å². The Hall–Kier alpha value is -2.21. The molecular weight excluding hydrogens is 284 g/mol. The summed E-state index contributed by atoms with van der Waals surface area (Å²) in [5.74, 6) is 0.698. The van der Waals surface area contributed by atoms with Crippen molar-refractivity contribution in [3.63, 3.8) is 0 Å². The van der Waals surface area contributed by atoms with Crippen LogP contribution in [0.15, 0.2) is 52.6 Å². The molecule has 0 unspecified atom stereocenters. The average Bonchev–Trinajstić information content (AvgIpc) is 2.85. The van der Waals surface area contributed by atoms with E-state index in [1.807, 2.05) is 60.8 Å². The monoisotopic (exact) mass is 300 g/mol. The van der Waals surface area contributed by atoms with Gasteiger partial charge in [-0.25, -0.2) is 0 Å². The Labute approximate surface area is 127 Å². The topological polar surface area (TPSA) is 65.4 Å². The fourth-order valence-corrected chi connectivity index (χ4v) is 2.78. The SMILES string of the molecule is CC(C)Oc1cc(Sc2nnc3ccccn23)ccc1N. The van der Waals surface area contributed by atoms with Crippen LogP contribution in [0.5, 0.6) is 5.75 Å². The second-order valence-electron chi connectivity index (χ2n) is 4.88. The summed E-state index contributed by atoms with van der Waals surface area (Å²) in [4.78, 5) is 1.01. The Bertz CT molecular complexity index is 769. The van der Waals surface area contributed by atoms with E-state index in [9.17, 15) is 0 Å². The molecule has 0 saturated heterocycles. The molecule has 0 spiro atoms. The molecule has 2 aromatic heterocycles. The van der Waals surface area contributed by atoms with E-state index in [0.29, 0.717) is 11.4 Å². The highest BCUT2D eigenvalue weighted by molar-refractivity contribution is 7.99. The summed E-state index contributed by atoms with van der Waals surface area (Å²) in [5, 5.41) is 9.16. The molecule has 1 aromatic carbocycles. The molecule has 0 aliphatic heterocycles. The van der Waals surface area contributed by atoms with E-state index in [0.717, 1.165) is 15.7 Å². The van der Waals surface area contributed by atoms with Gasteiger partial charge in [-0.3, -0.25) is 4.40 Å². The fraction of sp³-hybridized carbons (Fsp3) is 0.200. The first kappa shape index (κ1) is 13.8. The van der Waals surface area contributed by atoms with E-state index >= 15 is 0 Å². The van der Waals surface area contributed by atoms with Gasteiger partial charge in [-0.05, 0) is 55.9 Å². The third-order valence-corrected chi connectivity index (χ3v) is 3.79. The van der Waals surface area contributed by atoms with Crippen LogP contribution in [0, 0.1) is 0 Å². The minimum atomic E-state index is 0.0847. The van der Waals surface area contributed by atoms with Crippen LogP contribution in [-0.2, 0) is 0 Å². The lowest BCUT2D eigenvalue weighted by molar-refractivity contribution is 0.243. The van der Waals surface area contributed by atoms with Gasteiger partial charge in [0.15, 0.2) is 10.8 Å². The Morgan fingerprint density at radius 1 is 1.19 bits per heavy atom. The molecule has 3 aromatic rings. The maximum absolute atomic E-state index is 5.93. The summed E-state index contributed by atoms with van der Waals surface area (Å²) in [5.41, 5.74) is 7.40. The molecular formula is C15H16N4OS. The molecule has 0 bridgehead atoms. The fourth-order valence-electron chi connectivity index (χ4n) is 1.93. The highest BCUT2D eigenvalue weighted by Gasteiger charge is 2.09. The van der Waals surface area contributed by atoms with Crippen molar-refractivity contribution in [2.24, 2.45) is 0 Å². The first-order valence-corrected chi connectivity index (χ1v) is 7.49. The first-order chi connectivity index (χ1) is 10.1. The number of nitrogens with zero attached hydrogens (tertiary/aromatic N) is 3. The van der Waals surface area contributed by atoms with E-state index in [-0.39, 0.29) is 6.10 Å². The van der Waals surface area contributed by atoms with Gasteiger partial charge in [-0.2, -0.15) is 0 Å². The molecule has 0 saturated carbocycles. The van der Waals surface area contributed by atoms with Crippen LogP contribution < -0.4 is 10.5 Å². The van der Waals surface area contributed by atoms with E-state index in [4.69, 9.17) is 10.5 Å². The third-order valence-electron chi connectivity index (χ3n) is 2.84. The number of ether oxygens (including phenoxy) is 1. The largest absolute Gasteiger partial charge is 0.489 e. The predicted octanol–water partition coefficient (Wildman–Crippen LogP) is 3.25. The van der Waals surface area contributed by atoms with Crippen LogP contribution in [0.1, 0.15) is 13.8 Å². The number of rotatable bonds is 4. The van der Waals surface area contributed by atoms with Crippen molar-refractivity contribution in [3.05, 3.63) is 42.6 Å². The second-order valence-corrected chi connectivity index (χ2v) is 5.92. The van der Waals surface area contributed by atoms with Gasteiger partial charge in [0.25, 0.3) is 0 Å². The van der Waals surface area contributed by atoms with Gasteiger partial charge in [0.05, 0.1) is 11.8 Å². The van der Waals surface area contributed by atoms with Crippen molar-refractivity contribution in [1.29, 1.82) is 0 Å². The molecule has 0 aliphatic carbocycles. The average molecular weight is 300 g/mol. The number of benzene rings is 1. The number of fused-ring (bicyclic) bond motifs is 1. The normalized spacial score (nSPS) is 11.2. The van der Waals surface area contributed by atoms with Crippen LogP contribution >= 0.6 is 11.8 Å². The first-order valence-electron chi connectivity index (χ1n) is 6.67. The predicted molar refractivity (Wildman–Crippen MR) is 83.7 cm³/mol. The summed E-state index contributed by atoms with van der Waals surface area (Å²) >= 11 is 1.53. The molecule has 5 nitrogen and oxygen atoms in total. The van der Waals surface area contributed by atoms with Crippen LogP contribution in [-0.4, -0.2) is 20.7 Å². The minimum absolute atomic E-state index is 0.0847. The third kappa shape index (κ3) is 2.95. The number of nitrogen functional groups attached to an aromatic ring is 1. The van der Waals surface area contributed by atoms with Crippen molar-refractivity contribution < 1.29 is 4.74 Å². The van der Waals surface area contributed by atoms with Crippen LogP contribution in [0.2, 0.25) is 0 Å². The van der Waals surface area contributed by atoms with Gasteiger partial charge in [0, 0.05) is 11.1 Å². The quantitative estimate of drug-likeness (QED) is 0.749. The van der Waals surface area contributed by atoms with Crippen molar-refractivity contribution in [3.8, 4) is 5.75 Å². The standard InChI is InChI=1S/C15H16N4OS/c1-10(2)20-13-9-11(6-7-12(13)16)21-15-18-17-14-5-3-4-8-19(14)15/h3-10H,16H2,1-2H3. The van der Waals surface area contributed by atoms with Crippen LogP contribution in [0.25, 0.3) is 5.65 Å². The lowest BCUT2D eigenvalue weighted by atomic mass is 10.3. The smallest absolute Gasteiger partial charge is 0.200 e. The number of hydrogen-bond acceptors (Lipinski definition) is 5. The zero-order valence-corrected chi connectivity index (χ0v) is 12.7. The Balaban J connectivity index is 1.91. The molecule has 2 heterocycles. The van der Waals surface area contributed by atoms with Crippen molar-refractivity contribution in [1.82, 2.24) is 14.6 Å². The van der Waals surface area contributed by atoms with Crippen molar-refractivity contribution >= 4 is 23.1 Å². The van der Waals surface area contributed by atoms with Gasteiger partial charge >= 0.3 is 0 Å². The van der Waals surface area contributed by atoms with Gasteiger partial charge < -0.3 is 10.5 Å². The van der Waals surface area contributed by atoms with Crippen LogP contribution in [0.3, 0.4) is 0 Å². The zero-order valence-electron chi connectivity index (χ0n) is 11.9. The molecule has 0 aliphatic rings. The Morgan fingerprint density at radius 2 is 2.05 bits per heavy atom. The molecule has 21 heavy (non-hydrogen) atoms. The molecule has 0 atom stereocenters. The van der Waals surface area contributed by atoms with Gasteiger partial charge in [0.2, 0.25) is 0 Å². The van der Waals surface area contributed by atoms with E-state index < -0.39 is 0 Å². The maximum atomic E-state index is 5.93. The highest BCUT2D eigenvalue weighted by Crippen LogP contribution is 2.32. The lowest BCUT2D eigenvalue weighted by Gasteiger charge is -2.13. The summed E-state index contributed by atoms with van der Waals surface area (Å²) in [6.07, 6.45) is 2.03. The summed E-state index contributed by atoms with van der Waals surface area (Å²) in [6.45, 7) is 3.95. The molecule has 2 N–H and O–H groups in total. The molecule has 0 fully saturated rings. The number of pyridine rings is 1. The minimum Gasteiger partial charge on any atom is -0.489 e. The van der Waals surface area contributed by atoms with E-state index in [1.54, 1.807) is 0 Å². The van der Waals surface area contributed by atoms with Crippen molar-refractivity contribution in [2.75, 3.05) is 5.73 Å². The zero-order chi connectivity index (χ0) is 14.8. The van der Waals surface area contributed by atoms with Gasteiger partial charge in [-0.1, -0.05) is 6.07 Å². The molecule has 0 radical (unpaired) electrons. The summed E-state index contributed by atoms with van der Waals surface area (Å²) in [7, 11) is 0. The summed E-state index contributed by atoms with van der Waals surface area (Å²) < 4.78 is 7.66. The number of aromatic nitrogens is 3. The van der Waals surface area contributed by atoms with E-state index in [1.165, 1.54) is 11.8 Å². The molecule has 6 heteroatoms. The Kier molecular flexibility index (Phi) is 3.70. The highest BCUT2D eigenvalue weighted by atomic mass is 32.2. The molecule has 0 amide bonds. The van der Waals surface area contributed by atoms with E-state index in [2.05, 4.69) is 10.2 Å². The summed E-state index contributed by atoms with van der Waals surface area (Å²) in [6, 6.07) is 11.6. The Morgan fingerprint density at radius 3 is 2.86 bits per heavy atom.